The summed E-state index contributed by atoms with van der Waals surface area (Å²) < 4.78 is 1.71. The molecule has 0 N–H and O–H groups in total. The lowest BCUT2D eigenvalue weighted by atomic mass is 10.1. The highest BCUT2D eigenvalue weighted by Gasteiger charge is 2.12. The maximum atomic E-state index is 6.07. The Morgan fingerprint density at radius 2 is 1.75 bits per heavy atom. The Kier molecular flexibility index (Phi) is 3.24. The normalized spacial score (nSPS) is 10.8. The van der Waals surface area contributed by atoms with Crippen LogP contribution < -0.4 is 0 Å². The van der Waals surface area contributed by atoms with Gasteiger partial charge in [0.2, 0.25) is 0 Å². The van der Waals surface area contributed by atoms with Crippen molar-refractivity contribution >= 4 is 11.6 Å². The van der Waals surface area contributed by atoms with Crippen molar-refractivity contribution < 1.29 is 0 Å². The van der Waals surface area contributed by atoms with E-state index < -0.39 is 0 Å². The third-order valence-corrected chi connectivity index (χ3v) is 3.41. The summed E-state index contributed by atoms with van der Waals surface area (Å²) in [4.78, 5) is 0. The van der Waals surface area contributed by atoms with E-state index in [1.54, 1.807) is 4.68 Å². The van der Waals surface area contributed by atoms with Gasteiger partial charge in [-0.1, -0.05) is 47.5 Å². The van der Waals surface area contributed by atoms with Gasteiger partial charge in [-0.3, -0.25) is 0 Å². The monoisotopic (exact) mass is 284 g/mol. The molecule has 20 heavy (non-hydrogen) atoms. The fraction of sp³-hybridized carbons (Fsp3) is 0.133. The van der Waals surface area contributed by atoms with Crippen molar-refractivity contribution in [3.05, 3.63) is 58.6 Å². The Hall–Kier alpha value is -2.20. The number of aryl methyl sites for hydroxylation is 2. The van der Waals surface area contributed by atoms with Crippen LogP contribution >= 0.6 is 11.6 Å². The van der Waals surface area contributed by atoms with Gasteiger partial charge in [-0.2, -0.15) is 4.68 Å². The van der Waals surface area contributed by atoms with Crippen LogP contribution in [0.1, 0.15) is 11.1 Å². The van der Waals surface area contributed by atoms with E-state index >= 15 is 0 Å². The number of aromatic nitrogens is 4. The van der Waals surface area contributed by atoms with Gasteiger partial charge >= 0.3 is 0 Å². The average Bonchev–Trinajstić information content (AvgIpc) is 2.91. The number of halogens is 1. The molecule has 0 saturated carbocycles. The van der Waals surface area contributed by atoms with Crippen LogP contribution in [0.5, 0.6) is 0 Å². The molecule has 3 rings (SSSR count). The van der Waals surface area contributed by atoms with E-state index in [2.05, 4.69) is 15.5 Å². The molecule has 2 aromatic carbocycles. The highest BCUT2D eigenvalue weighted by Crippen LogP contribution is 2.24. The van der Waals surface area contributed by atoms with Crippen molar-refractivity contribution in [3.8, 4) is 17.1 Å². The van der Waals surface area contributed by atoms with Gasteiger partial charge in [-0.15, -0.1) is 5.10 Å². The first-order valence-electron chi connectivity index (χ1n) is 6.27. The van der Waals surface area contributed by atoms with Crippen LogP contribution in [-0.4, -0.2) is 20.2 Å². The number of tetrazole rings is 1. The number of hydrogen-bond acceptors (Lipinski definition) is 3. The zero-order chi connectivity index (χ0) is 14.1. The molecule has 0 spiro atoms. The van der Waals surface area contributed by atoms with Crippen molar-refractivity contribution in [1.29, 1.82) is 0 Å². The fourth-order valence-electron chi connectivity index (χ4n) is 2.04. The lowest BCUT2D eigenvalue weighted by molar-refractivity contribution is 0.787. The lowest BCUT2D eigenvalue weighted by Crippen LogP contribution is -2.02. The molecule has 0 aliphatic heterocycles. The summed E-state index contributed by atoms with van der Waals surface area (Å²) in [5, 5.41) is 12.7. The molecule has 3 aromatic rings. The standard InChI is InChI=1S/C15H13ClN4/c1-10-3-6-12(7-4-10)15-17-18-19-20(15)14-9-13(16)8-5-11(14)2/h3-9H,1-2H3. The first-order valence-corrected chi connectivity index (χ1v) is 6.65. The van der Waals surface area contributed by atoms with Gasteiger partial charge in [-0.25, -0.2) is 0 Å². The number of rotatable bonds is 2. The molecule has 0 aliphatic rings. The molecular weight excluding hydrogens is 272 g/mol. The summed E-state index contributed by atoms with van der Waals surface area (Å²) in [7, 11) is 0. The first-order chi connectivity index (χ1) is 9.65. The summed E-state index contributed by atoms with van der Waals surface area (Å²) in [5.41, 5.74) is 4.12. The molecular formula is C15H13ClN4. The zero-order valence-electron chi connectivity index (χ0n) is 11.2. The van der Waals surface area contributed by atoms with E-state index in [1.807, 2.05) is 56.3 Å². The molecule has 100 valence electrons. The predicted molar refractivity (Wildman–Crippen MR) is 79.1 cm³/mol. The van der Waals surface area contributed by atoms with Crippen LogP contribution in [0, 0.1) is 13.8 Å². The number of benzene rings is 2. The summed E-state index contributed by atoms with van der Waals surface area (Å²) in [6.07, 6.45) is 0. The van der Waals surface area contributed by atoms with Crippen LogP contribution in [0.2, 0.25) is 5.02 Å². The van der Waals surface area contributed by atoms with Crippen molar-refractivity contribution in [2.45, 2.75) is 13.8 Å². The van der Waals surface area contributed by atoms with Gasteiger partial charge in [0.1, 0.15) is 0 Å². The van der Waals surface area contributed by atoms with E-state index in [0.29, 0.717) is 10.8 Å². The molecule has 1 aromatic heterocycles. The highest BCUT2D eigenvalue weighted by molar-refractivity contribution is 6.30. The lowest BCUT2D eigenvalue weighted by Gasteiger charge is -2.08. The Morgan fingerprint density at radius 3 is 2.50 bits per heavy atom. The second-order valence-corrected chi connectivity index (χ2v) is 5.15. The predicted octanol–water partition coefficient (Wildman–Crippen LogP) is 3.60. The minimum absolute atomic E-state index is 0.663. The molecule has 0 bridgehead atoms. The van der Waals surface area contributed by atoms with Gasteiger partial charge in [-0.05, 0) is 42.0 Å². The van der Waals surface area contributed by atoms with Gasteiger partial charge < -0.3 is 0 Å². The maximum Gasteiger partial charge on any atom is 0.187 e. The van der Waals surface area contributed by atoms with Crippen molar-refractivity contribution in [2.24, 2.45) is 0 Å². The molecule has 5 heteroatoms. The summed E-state index contributed by atoms with van der Waals surface area (Å²) >= 11 is 6.07. The molecule has 0 amide bonds. The van der Waals surface area contributed by atoms with E-state index in [1.165, 1.54) is 5.56 Å². The summed E-state index contributed by atoms with van der Waals surface area (Å²) in [6, 6.07) is 13.8. The maximum absolute atomic E-state index is 6.07. The third kappa shape index (κ3) is 2.30. The van der Waals surface area contributed by atoms with Crippen molar-refractivity contribution in [1.82, 2.24) is 20.2 Å². The van der Waals surface area contributed by atoms with Crippen LogP contribution in [-0.2, 0) is 0 Å². The Balaban J connectivity index is 2.15. The third-order valence-electron chi connectivity index (χ3n) is 3.18. The highest BCUT2D eigenvalue weighted by atomic mass is 35.5. The SMILES string of the molecule is Cc1ccc(-c2nnnn2-c2cc(Cl)ccc2C)cc1. The average molecular weight is 285 g/mol. The van der Waals surface area contributed by atoms with E-state index in [9.17, 15) is 0 Å². The van der Waals surface area contributed by atoms with Gasteiger partial charge in [0.05, 0.1) is 5.69 Å². The Bertz CT molecular complexity index is 747. The molecule has 0 fully saturated rings. The van der Waals surface area contributed by atoms with Crippen LogP contribution in [0.15, 0.2) is 42.5 Å². The van der Waals surface area contributed by atoms with Gasteiger partial charge in [0, 0.05) is 10.6 Å². The second-order valence-electron chi connectivity index (χ2n) is 4.71. The first kappa shape index (κ1) is 12.8. The summed E-state index contributed by atoms with van der Waals surface area (Å²) in [6.45, 7) is 4.06. The quantitative estimate of drug-likeness (QED) is 0.722. The van der Waals surface area contributed by atoms with E-state index in [0.717, 1.165) is 16.8 Å². The molecule has 0 unspecified atom stereocenters. The van der Waals surface area contributed by atoms with Crippen molar-refractivity contribution in [3.63, 3.8) is 0 Å². The Labute approximate surface area is 122 Å². The molecule has 0 saturated heterocycles. The van der Waals surface area contributed by atoms with Gasteiger partial charge in [0.25, 0.3) is 0 Å². The minimum Gasteiger partial charge on any atom is -0.192 e. The molecule has 0 atom stereocenters. The minimum atomic E-state index is 0.663. The van der Waals surface area contributed by atoms with Crippen LogP contribution in [0.4, 0.5) is 0 Å². The van der Waals surface area contributed by atoms with Crippen LogP contribution in [0.25, 0.3) is 17.1 Å². The largest absolute Gasteiger partial charge is 0.192 e. The van der Waals surface area contributed by atoms with Gasteiger partial charge in [0.15, 0.2) is 5.82 Å². The molecule has 0 aliphatic carbocycles. The molecule has 4 nitrogen and oxygen atoms in total. The van der Waals surface area contributed by atoms with E-state index in [4.69, 9.17) is 11.6 Å². The smallest absolute Gasteiger partial charge is 0.187 e. The summed E-state index contributed by atoms with van der Waals surface area (Å²) in [5.74, 6) is 0.704. The number of nitrogens with zero attached hydrogens (tertiary/aromatic N) is 4. The van der Waals surface area contributed by atoms with Crippen LogP contribution in [0.3, 0.4) is 0 Å². The molecule has 1 heterocycles. The fourth-order valence-corrected chi connectivity index (χ4v) is 2.21. The van der Waals surface area contributed by atoms with E-state index in [-0.39, 0.29) is 0 Å². The Morgan fingerprint density at radius 1 is 1.00 bits per heavy atom. The van der Waals surface area contributed by atoms with Crippen molar-refractivity contribution in [2.75, 3.05) is 0 Å². The topological polar surface area (TPSA) is 43.6 Å². The molecule has 0 radical (unpaired) electrons. The second kappa shape index (κ2) is 5.06. The zero-order valence-corrected chi connectivity index (χ0v) is 12.0. The number of hydrogen-bond donors (Lipinski definition) is 0.